The zero-order valence-electron chi connectivity index (χ0n) is 26.5. The SMILES string of the molecule is CC(=O)NC[C@@H]1O[C@@H]2C[C@]3(C)O[C@@H]4C=C[C@@H]5O[C@@H]6C=C[C@@H]7O[C@H](/C=C/C=C/C=O)C=C[C@H]7O[C@H]6C[C@H]5O[C@@]4(C)C[C@H]3O[C@H]2C[C@H]1O. The quantitative estimate of drug-likeness (QED) is 0.200. The van der Waals surface area contributed by atoms with Gasteiger partial charge in [-0.15, -0.1) is 0 Å². The molecule has 2 N–H and O–H groups in total. The van der Waals surface area contributed by atoms with Crippen LogP contribution in [0.4, 0.5) is 0 Å². The van der Waals surface area contributed by atoms with Gasteiger partial charge >= 0.3 is 0 Å². The van der Waals surface area contributed by atoms with Crippen LogP contribution in [0, 0.1) is 0 Å². The van der Waals surface area contributed by atoms with Crippen LogP contribution in [0.1, 0.15) is 46.5 Å². The molecule has 0 aromatic rings. The van der Waals surface area contributed by atoms with E-state index in [1.54, 1.807) is 12.2 Å². The Morgan fingerprint density at radius 1 is 0.783 bits per heavy atom. The molecule has 0 bridgehead atoms. The normalized spacial score (nSPS) is 49.4. The Hall–Kier alpha value is -2.48. The Bertz CT molecular complexity index is 1310. The van der Waals surface area contributed by atoms with Crippen molar-refractivity contribution in [2.24, 2.45) is 0 Å². The first-order valence-electron chi connectivity index (χ1n) is 16.5. The smallest absolute Gasteiger partial charge is 0.216 e. The van der Waals surface area contributed by atoms with Crippen molar-refractivity contribution in [2.75, 3.05) is 6.54 Å². The molecule has 0 unspecified atom stereocenters. The highest BCUT2D eigenvalue weighted by atomic mass is 16.6. The largest absolute Gasteiger partial charge is 0.390 e. The lowest BCUT2D eigenvalue weighted by Crippen LogP contribution is -2.68. The zero-order valence-corrected chi connectivity index (χ0v) is 26.5. The molecule has 11 nitrogen and oxygen atoms in total. The van der Waals surface area contributed by atoms with Crippen LogP contribution in [0.15, 0.2) is 60.8 Å². The Balaban J connectivity index is 1.03. The molecule has 0 spiro atoms. The highest BCUT2D eigenvalue weighted by Crippen LogP contribution is 2.49. The molecule has 0 aliphatic carbocycles. The molecule has 11 heteroatoms. The summed E-state index contributed by atoms with van der Waals surface area (Å²) in [6.45, 7) is 5.86. The number of aliphatic hydroxyl groups excluding tert-OH is 1. The summed E-state index contributed by atoms with van der Waals surface area (Å²) in [5.41, 5.74) is -1.28. The van der Waals surface area contributed by atoms with E-state index in [0.29, 0.717) is 25.7 Å². The second-order valence-electron chi connectivity index (χ2n) is 13.9. The first-order chi connectivity index (χ1) is 22.1. The predicted molar refractivity (Wildman–Crippen MR) is 165 cm³/mol. The van der Waals surface area contributed by atoms with Crippen LogP contribution in [0.2, 0.25) is 0 Å². The van der Waals surface area contributed by atoms with E-state index in [1.807, 2.05) is 30.4 Å². The van der Waals surface area contributed by atoms with Crippen LogP contribution >= 0.6 is 0 Å². The standard InChI is InChI=1S/C35H45NO10/c1-20(38)36-19-31-22(39)15-27-30(43-31)17-34(2)33(44-27)18-35(3)32(46-34)13-12-26-29(45-35)16-28-25(41-26)11-10-23-24(42-28)9-8-21(40-23)7-5-4-6-14-37/h4-14,21-33,39H,15-19H2,1-3H3,(H,36,38)/b6-4+,7-5+/t21-,22-,23+,24-,25-,26+,27+,28+,29-,30-,31+,32-,33-,34+,35+/m1/s1. The summed E-state index contributed by atoms with van der Waals surface area (Å²) < 4.78 is 46.1. The minimum Gasteiger partial charge on any atom is -0.390 e. The van der Waals surface area contributed by atoms with Gasteiger partial charge in [-0.2, -0.15) is 0 Å². The fraction of sp³-hybridized carbons (Fsp3) is 0.657. The highest BCUT2D eigenvalue weighted by molar-refractivity contribution is 5.72. The van der Waals surface area contributed by atoms with E-state index < -0.39 is 23.4 Å². The zero-order chi connectivity index (χ0) is 32.1. The number of amides is 1. The molecule has 46 heavy (non-hydrogen) atoms. The van der Waals surface area contributed by atoms with E-state index in [-0.39, 0.29) is 79.6 Å². The predicted octanol–water partition coefficient (Wildman–Crippen LogP) is 2.18. The number of hydrogen-bond acceptors (Lipinski definition) is 10. The number of hydrogen-bond donors (Lipinski definition) is 2. The van der Waals surface area contributed by atoms with Gasteiger partial charge in [-0.25, -0.2) is 0 Å². The fourth-order valence-electron chi connectivity index (χ4n) is 7.95. The number of carbonyl (C=O) groups excluding carboxylic acids is 2. The number of ether oxygens (including phenoxy) is 7. The summed E-state index contributed by atoms with van der Waals surface area (Å²) in [5.74, 6) is -0.158. The van der Waals surface area contributed by atoms with Crippen molar-refractivity contribution in [1.82, 2.24) is 5.32 Å². The number of fused-ring (bicyclic) bond motifs is 6. The molecular formula is C35H45NO10. The van der Waals surface area contributed by atoms with E-state index >= 15 is 0 Å². The van der Waals surface area contributed by atoms with Crippen LogP contribution in [0.5, 0.6) is 0 Å². The highest BCUT2D eigenvalue weighted by Gasteiger charge is 2.60. The van der Waals surface area contributed by atoms with E-state index in [9.17, 15) is 14.7 Å². The molecule has 7 aliphatic heterocycles. The lowest BCUT2D eigenvalue weighted by atomic mass is 9.75. The lowest BCUT2D eigenvalue weighted by Gasteiger charge is -2.58. The maximum atomic E-state index is 11.5. The minimum absolute atomic E-state index is 0.158. The minimum atomic E-state index is -0.735. The third-order valence-electron chi connectivity index (χ3n) is 10.4. The number of rotatable bonds is 5. The second-order valence-corrected chi connectivity index (χ2v) is 13.9. The summed E-state index contributed by atoms with van der Waals surface area (Å²) in [7, 11) is 0. The molecule has 250 valence electrons. The van der Waals surface area contributed by atoms with Crippen molar-refractivity contribution in [3.63, 3.8) is 0 Å². The second kappa shape index (κ2) is 12.9. The molecule has 15 atom stereocenters. The van der Waals surface area contributed by atoms with Crippen LogP contribution in [0.25, 0.3) is 0 Å². The number of allylic oxidation sites excluding steroid dienone is 3. The van der Waals surface area contributed by atoms with Crippen molar-refractivity contribution in [2.45, 2.75) is 137 Å². The Morgan fingerprint density at radius 3 is 2.37 bits per heavy atom. The van der Waals surface area contributed by atoms with Gasteiger partial charge in [0.2, 0.25) is 5.91 Å². The van der Waals surface area contributed by atoms with Gasteiger partial charge in [0.15, 0.2) is 0 Å². The van der Waals surface area contributed by atoms with Gasteiger partial charge in [0.05, 0.1) is 53.9 Å². The average molecular weight is 640 g/mol. The van der Waals surface area contributed by atoms with Gasteiger partial charge in [-0.3, -0.25) is 9.59 Å². The monoisotopic (exact) mass is 639 g/mol. The van der Waals surface area contributed by atoms with Crippen LogP contribution < -0.4 is 5.32 Å². The van der Waals surface area contributed by atoms with Gasteiger partial charge in [-0.05, 0) is 19.9 Å². The maximum absolute atomic E-state index is 11.5. The van der Waals surface area contributed by atoms with E-state index in [0.717, 1.165) is 6.29 Å². The lowest BCUT2D eigenvalue weighted by molar-refractivity contribution is -0.332. The third kappa shape index (κ3) is 6.36. The number of carbonyl (C=O) groups is 2. The molecule has 0 radical (unpaired) electrons. The third-order valence-corrected chi connectivity index (χ3v) is 10.4. The van der Waals surface area contributed by atoms with Crippen molar-refractivity contribution < 1.29 is 47.9 Å². The Labute approximate surface area is 269 Å². The van der Waals surface area contributed by atoms with Crippen LogP contribution in [0.3, 0.4) is 0 Å². The van der Waals surface area contributed by atoms with Crippen molar-refractivity contribution in [1.29, 1.82) is 0 Å². The summed E-state index contributed by atoms with van der Waals surface area (Å²) in [4.78, 5) is 22.0. The molecule has 0 aromatic heterocycles. The van der Waals surface area contributed by atoms with Gasteiger partial charge in [0, 0.05) is 39.2 Å². The number of nitrogens with one attached hydrogen (secondary N) is 1. The molecule has 0 aromatic carbocycles. The van der Waals surface area contributed by atoms with Crippen LogP contribution in [-0.2, 0) is 42.7 Å². The molecule has 4 fully saturated rings. The van der Waals surface area contributed by atoms with E-state index in [1.165, 1.54) is 13.0 Å². The van der Waals surface area contributed by atoms with Gasteiger partial charge in [-0.1, -0.05) is 54.7 Å². The van der Waals surface area contributed by atoms with Gasteiger partial charge in [0.1, 0.15) is 42.9 Å². The molecule has 0 saturated carbocycles. The number of aliphatic hydroxyl groups is 1. The van der Waals surface area contributed by atoms with E-state index in [4.69, 9.17) is 33.2 Å². The van der Waals surface area contributed by atoms with Crippen molar-refractivity contribution in [3.05, 3.63) is 60.8 Å². The summed E-state index contributed by atoms with van der Waals surface area (Å²) in [6.07, 6.45) is 18.0. The van der Waals surface area contributed by atoms with Gasteiger partial charge < -0.3 is 43.6 Å². The van der Waals surface area contributed by atoms with Crippen molar-refractivity contribution in [3.8, 4) is 0 Å². The molecule has 7 heterocycles. The first kappa shape index (κ1) is 32.1. The Morgan fingerprint density at radius 2 is 1.54 bits per heavy atom. The summed E-state index contributed by atoms with van der Waals surface area (Å²) in [6, 6.07) is 0. The summed E-state index contributed by atoms with van der Waals surface area (Å²) >= 11 is 0. The summed E-state index contributed by atoms with van der Waals surface area (Å²) in [5, 5.41) is 13.5. The maximum Gasteiger partial charge on any atom is 0.216 e. The number of aldehydes is 1. The average Bonchev–Trinajstić information content (AvgIpc) is 3.27. The van der Waals surface area contributed by atoms with Gasteiger partial charge in [0.25, 0.3) is 0 Å². The van der Waals surface area contributed by atoms with Crippen molar-refractivity contribution >= 4 is 12.2 Å². The molecule has 1 amide bonds. The molecule has 7 aliphatic rings. The van der Waals surface area contributed by atoms with Crippen LogP contribution in [-0.4, -0.2) is 114 Å². The molecule has 7 rings (SSSR count). The molecular weight excluding hydrogens is 594 g/mol. The molecule has 4 saturated heterocycles. The van der Waals surface area contributed by atoms with E-state index in [2.05, 4.69) is 31.3 Å². The first-order valence-corrected chi connectivity index (χ1v) is 16.5. The Kier molecular flexibility index (Phi) is 8.96. The topological polar surface area (TPSA) is 131 Å². The fourth-order valence-corrected chi connectivity index (χ4v) is 7.95.